The van der Waals surface area contributed by atoms with Crippen LogP contribution in [0.1, 0.15) is 48.6 Å². The number of hydrogen-bond acceptors (Lipinski definition) is 11. The Balaban J connectivity index is 0.00000272. The monoisotopic (exact) mass is 528 g/mol. The van der Waals surface area contributed by atoms with Crippen LogP contribution in [0.3, 0.4) is 0 Å². The molecule has 3 rings (SSSR count). The summed E-state index contributed by atoms with van der Waals surface area (Å²) in [5.74, 6) is -1.59. The van der Waals surface area contributed by atoms with Crippen molar-refractivity contribution in [3.63, 3.8) is 0 Å². The number of phosphoric ester groups is 1. The third kappa shape index (κ3) is 7.52. The van der Waals surface area contributed by atoms with Crippen molar-refractivity contribution in [1.82, 2.24) is 20.6 Å². The van der Waals surface area contributed by atoms with Gasteiger partial charge >= 0.3 is 103 Å². The standard InChI is InChI=1S/C18H21N4O8P.2K/c1-5-19-18(24)15-14(17-20-9(4)28-22-17)16(29-21-15)11-6-10(8(2)3)12(23)7-13(11)30-31(25,26)27;;/h6-8,23H,5H2,1-4H3,(H,19,24)(H2,25,26,27);;/q;2*+1/p-2. The number of phosphoric acid groups is 1. The first-order valence-corrected chi connectivity index (χ1v) is 10.6. The van der Waals surface area contributed by atoms with Gasteiger partial charge in [-0.15, -0.1) is 0 Å². The zero-order valence-corrected chi connectivity index (χ0v) is 26.2. The number of aromatic nitrogens is 3. The number of carbonyl (C=O) groups is 1. The van der Waals surface area contributed by atoms with Gasteiger partial charge in [-0.05, 0) is 24.5 Å². The summed E-state index contributed by atoms with van der Waals surface area (Å²) in [6, 6.07) is 2.36. The molecule has 0 atom stereocenters. The molecule has 0 saturated heterocycles. The Labute approximate surface area is 274 Å². The summed E-state index contributed by atoms with van der Waals surface area (Å²) in [6.45, 7) is 7.11. The summed E-state index contributed by atoms with van der Waals surface area (Å²) < 4.78 is 26.2. The average molecular weight is 529 g/mol. The van der Waals surface area contributed by atoms with E-state index in [1.807, 2.05) is 0 Å². The molecule has 2 N–H and O–H groups in total. The predicted octanol–water partition coefficient (Wildman–Crippen LogP) is -4.51. The quantitative estimate of drug-likeness (QED) is 0.222. The van der Waals surface area contributed by atoms with Gasteiger partial charge in [0, 0.05) is 19.5 Å². The van der Waals surface area contributed by atoms with Crippen LogP contribution >= 0.6 is 7.82 Å². The van der Waals surface area contributed by atoms with E-state index >= 15 is 0 Å². The fourth-order valence-electron chi connectivity index (χ4n) is 2.90. The molecule has 12 nitrogen and oxygen atoms in total. The summed E-state index contributed by atoms with van der Waals surface area (Å²) in [5.41, 5.74) is 0.170. The Morgan fingerprint density at radius 3 is 2.42 bits per heavy atom. The Kier molecular flexibility index (Phi) is 12.1. The molecule has 0 saturated carbocycles. The first-order chi connectivity index (χ1) is 14.5. The Morgan fingerprint density at radius 2 is 1.91 bits per heavy atom. The molecule has 2 heterocycles. The van der Waals surface area contributed by atoms with Gasteiger partial charge < -0.3 is 38.3 Å². The van der Waals surface area contributed by atoms with E-state index in [4.69, 9.17) is 9.05 Å². The van der Waals surface area contributed by atoms with Gasteiger partial charge in [0.1, 0.15) is 24.9 Å². The largest absolute Gasteiger partial charge is 1.00 e. The van der Waals surface area contributed by atoms with Crippen molar-refractivity contribution in [2.45, 2.75) is 33.6 Å². The number of aromatic hydroxyl groups is 1. The molecule has 0 radical (unpaired) electrons. The maximum atomic E-state index is 12.5. The molecule has 33 heavy (non-hydrogen) atoms. The van der Waals surface area contributed by atoms with E-state index < -0.39 is 19.5 Å². The first-order valence-electron chi connectivity index (χ1n) is 9.19. The number of phenolic OH excluding ortho intramolecular Hbond substituents is 1. The number of nitrogens with zero attached hydrogens (tertiary/aromatic N) is 3. The van der Waals surface area contributed by atoms with Crippen LogP contribution in [-0.4, -0.2) is 32.9 Å². The Hall–Kier alpha value is 0.0627. The second-order valence-electron chi connectivity index (χ2n) is 6.83. The molecule has 0 unspecified atom stereocenters. The molecule has 2 aromatic heterocycles. The molecule has 166 valence electrons. The number of rotatable bonds is 7. The van der Waals surface area contributed by atoms with Crippen LogP contribution in [0.25, 0.3) is 22.7 Å². The van der Waals surface area contributed by atoms with Crippen LogP contribution in [0.2, 0.25) is 0 Å². The first kappa shape index (κ1) is 31.1. The minimum Gasteiger partial charge on any atom is -0.780 e. The molecular weight excluding hydrogens is 509 g/mol. The van der Waals surface area contributed by atoms with Crippen molar-refractivity contribution in [2.75, 3.05) is 6.54 Å². The smallest absolute Gasteiger partial charge is 0.780 e. The number of amides is 1. The normalized spacial score (nSPS) is 11.0. The summed E-state index contributed by atoms with van der Waals surface area (Å²) in [6.07, 6.45) is 0. The van der Waals surface area contributed by atoms with Gasteiger partial charge in [0.25, 0.3) is 5.91 Å². The molecular formula is C18H19K2N4O8P. The van der Waals surface area contributed by atoms with Crippen molar-refractivity contribution in [1.29, 1.82) is 0 Å². The van der Waals surface area contributed by atoms with Gasteiger partial charge in [-0.25, -0.2) is 0 Å². The van der Waals surface area contributed by atoms with Gasteiger partial charge in [0.15, 0.2) is 11.5 Å². The molecule has 15 heteroatoms. The SMILES string of the molecule is CCNC(=O)c1noc(-c2cc(C(C)C)c(O)cc2OP(=O)([O-])[O-])c1-c1noc(C)n1.[K+].[K+]. The van der Waals surface area contributed by atoms with Crippen LogP contribution in [0, 0.1) is 6.92 Å². The number of phenols is 1. The second kappa shape index (κ2) is 12.9. The molecule has 0 spiro atoms. The summed E-state index contributed by atoms with van der Waals surface area (Å²) >= 11 is 0. The Bertz CT molecular complexity index is 1170. The van der Waals surface area contributed by atoms with Crippen LogP contribution < -0.4 is 122 Å². The number of aryl methyl sites for hydroxylation is 1. The van der Waals surface area contributed by atoms with Crippen LogP contribution in [0.15, 0.2) is 21.2 Å². The van der Waals surface area contributed by atoms with E-state index in [2.05, 4.69) is 25.1 Å². The second-order valence-corrected chi connectivity index (χ2v) is 7.91. The number of nitrogens with one attached hydrogen (secondary N) is 1. The van der Waals surface area contributed by atoms with Gasteiger partial charge in [-0.2, -0.15) is 4.98 Å². The number of benzene rings is 1. The van der Waals surface area contributed by atoms with Crippen LogP contribution in [0.4, 0.5) is 0 Å². The molecule has 0 bridgehead atoms. The van der Waals surface area contributed by atoms with Gasteiger partial charge in [-0.3, -0.25) is 4.79 Å². The Morgan fingerprint density at radius 1 is 1.24 bits per heavy atom. The van der Waals surface area contributed by atoms with E-state index in [0.29, 0.717) is 12.1 Å². The van der Waals surface area contributed by atoms with E-state index in [9.17, 15) is 24.3 Å². The third-order valence-electron chi connectivity index (χ3n) is 4.20. The van der Waals surface area contributed by atoms with Crippen molar-refractivity contribution in [3.05, 3.63) is 29.3 Å². The minimum absolute atomic E-state index is 0. The maximum Gasteiger partial charge on any atom is 1.00 e. The molecule has 0 aliphatic heterocycles. The molecule has 1 aromatic carbocycles. The van der Waals surface area contributed by atoms with E-state index in [0.717, 1.165) is 6.07 Å². The van der Waals surface area contributed by atoms with Crippen molar-refractivity contribution in [3.8, 4) is 34.2 Å². The van der Waals surface area contributed by atoms with Gasteiger partial charge in [-0.1, -0.05) is 24.2 Å². The molecule has 1 amide bonds. The van der Waals surface area contributed by atoms with E-state index in [-0.39, 0.29) is 149 Å². The summed E-state index contributed by atoms with van der Waals surface area (Å²) in [5, 5.41) is 20.4. The molecule has 3 aromatic rings. The average Bonchev–Trinajstić information content (AvgIpc) is 3.26. The van der Waals surface area contributed by atoms with Crippen LogP contribution in [0.5, 0.6) is 11.5 Å². The van der Waals surface area contributed by atoms with E-state index in [1.54, 1.807) is 20.8 Å². The summed E-state index contributed by atoms with van der Waals surface area (Å²) in [7, 11) is -5.50. The van der Waals surface area contributed by atoms with Crippen molar-refractivity contribution in [2.24, 2.45) is 0 Å². The number of carbonyl (C=O) groups excluding carboxylic acids is 1. The summed E-state index contributed by atoms with van der Waals surface area (Å²) in [4.78, 5) is 39.2. The fraction of sp³-hybridized carbons (Fsp3) is 0.333. The zero-order chi connectivity index (χ0) is 22.9. The van der Waals surface area contributed by atoms with Crippen LogP contribution in [-0.2, 0) is 4.57 Å². The van der Waals surface area contributed by atoms with Crippen molar-refractivity contribution < 1.29 is 141 Å². The predicted molar refractivity (Wildman–Crippen MR) is 102 cm³/mol. The third-order valence-corrected chi connectivity index (χ3v) is 4.62. The molecule has 0 fully saturated rings. The maximum absolute atomic E-state index is 12.5. The topological polar surface area (TPSA) is 187 Å². The molecule has 0 aliphatic carbocycles. The van der Waals surface area contributed by atoms with Gasteiger partial charge in [0.05, 0.1) is 5.56 Å². The number of hydrogen-bond donors (Lipinski definition) is 2. The zero-order valence-electron chi connectivity index (χ0n) is 19.0. The van der Waals surface area contributed by atoms with E-state index in [1.165, 1.54) is 13.0 Å². The van der Waals surface area contributed by atoms with Crippen molar-refractivity contribution >= 4 is 13.7 Å². The fourth-order valence-corrected chi connectivity index (χ4v) is 3.30. The molecule has 0 aliphatic rings. The minimum atomic E-state index is -5.50. The van der Waals surface area contributed by atoms with Gasteiger partial charge in [0.2, 0.25) is 11.7 Å².